The topological polar surface area (TPSA) is 70.8 Å². The minimum Gasteiger partial charge on any atom is -0.484 e. The standard InChI is InChI=1S/C15H17F3N4O2/c16-15(17,18)8-24-11-3-1-10(2-4-11)22-9-21-6-5-20-7-12(21)13(22)14(19)23/h1-4,20H,5-9H2,(H2,19,23). The Hall–Kier alpha value is -2.42. The molecule has 130 valence electrons. The molecule has 2 aliphatic rings. The van der Waals surface area contributed by atoms with Crippen molar-refractivity contribution in [1.29, 1.82) is 0 Å². The summed E-state index contributed by atoms with van der Waals surface area (Å²) >= 11 is 0. The van der Waals surface area contributed by atoms with Gasteiger partial charge in [0.05, 0.1) is 12.4 Å². The number of anilines is 1. The number of nitrogens with one attached hydrogen (secondary N) is 1. The Morgan fingerprint density at radius 1 is 1.29 bits per heavy atom. The van der Waals surface area contributed by atoms with Crippen LogP contribution >= 0.6 is 0 Å². The number of fused-ring (bicyclic) bond motifs is 1. The number of rotatable bonds is 4. The molecule has 0 unspecified atom stereocenters. The van der Waals surface area contributed by atoms with Crippen molar-refractivity contribution in [3.63, 3.8) is 0 Å². The number of benzene rings is 1. The van der Waals surface area contributed by atoms with Crippen molar-refractivity contribution in [3.05, 3.63) is 35.7 Å². The van der Waals surface area contributed by atoms with Crippen LogP contribution < -0.4 is 20.7 Å². The lowest BCUT2D eigenvalue weighted by molar-refractivity contribution is -0.153. The molecule has 0 atom stereocenters. The van der Waals surface area contributed by atoms with Crippen molar-refractivity contribution in [2.45, 2.75) is 6.18 Å². The Morgan fingerprint density at radius 2 is 2.00 bits per heavy atom. The average Bonchev–Trinajstić information content (AvgIpc) is 2.92. The molecule has 0 spiro atoms. The van der Waals surface area contributed by atoms with Crippen LogP contribution in [0.25, 0.3) is 0 Å². The van der Waals surface area contributed by atoms with Crippen LogP contribution in [0.1, 0.15) is 0 Å². The summed E-state index contributed by atoms with van der Waals surface area (Å²) in [7, 11) is 0. The Morgan fingerprint density at radius 3 is 2.62 bits per heavy atom. The molecule has 3 N–H and O–H groups in total. The van der Waals surface area contributed by atoms with E-state index < -0.39 is 18.7 Å². The van der Waals surface area contributed by atoms with Gasteiger partial charge >= 0.3 is 6.18 Å². The maximum Gasteiger partial charge on any atom is 0.422 e. The van der Waals surface area contributed by atoms with E-state index in [0.29, 0.717) is 24.6 Å². The highest BCUT2D eigenvalue weighted by Crippen LogP contribution is 2.31. The summed E-state index contributed by atoms with van der Waals surface area (Å²) in [5.74, 6) is -0.420. The molecule has 1 aromatic rings. The smallest absolute Gasteiger partial charge is 0.422 e. The van der Waals surface area contributed by atoms with Gasteiger partial charge in [-0.15, -0.1) is 0 Å². The summed E-state index contributed by atoms with van der Waals surface area (Å²) < 4.78 is 41.2. The van der Waals surface area contributed by atoms with Gasteiger partial charge in [0.25, 0.3) is 5.91 Å². The number of carbonyl (C=O) groups is 1. The van der Waals surface area contributed by atoms with E-state index >= 15 is 0 Å². The molecule has 6 nitrogen and oxygen atoms in total. The largest absolute Gasteiger partial charge is 0.484 e. The first kappa shape index (κ1) is 16.4. The lowest BCUT2D eigenvalue weighted by atomic mass is 10.2. The SMILES string of the molecule is NC(=O)C1=C2CNCCN2CN1c1ccc(OCC(F)(F)F)cc1. The fraction of sp³-hybridized carbons (Fsp3) is 0.400. The monoisotopic (exact) mass is 342 g/mol. The molecule has 1 fully saturated rings. The maximum atomic E-state index is 12.2. The van der Waals surface area contributed by atoms with Crippen molar-refractivity contribution < 1.29 is 22.7 Å². The van der Waals surface area contributed by atoms with Gasteiger partial charge in [-0.1, -0.05) is 0 Å². The zero-order chi connectivity index (χ0) is 17.3. The van der Waals surface area contributed by atoms with Crippen molar-refractivity contribution in [2.75, 3.05) is 37.8 Å². The minimum atomic E-state index is -4.38. The van der Waals surface area contributed by atoms with Crippen LogP contribution in [-0.4, -0.2) is 49.9 Å². The van der Waals surface area contributed by atoms with Crippen LogP contribution in [0.3, 0.4) is 0 Å². The summed E-state index contributed by atoms with van der Waals surface area (Å²) in [6, 6.07) is 6.11. The molecule has 0 bridgehead atoms. The summed E-state index contributed by atoms with van der Waals surface area (Å²) in [6.07, 6.45) is -4.38. The van der Waals surface area contributed by atoms with Crippen molar-refractivity contribution in [1.82, 2.24) is 10.2 Å². The third-order valence-corrected chi connectivity index (χ3v) is 3.87. The van der Waals surface area contributed by atoms with Crippen LogP contribution in [0.5, 0.6) is 5.75 Å². The molecule has 1 amide bonds. The molecule has 24 heavy (non-hydrogen) atoms. The molecule has 3 rings (SSSR count). The number of carbonyl (C=O) groups excluding carboxylic acids is 1. The molecule has 0 aliphatic carbocycles. The number of hydrogen-bond donors (Lipinski definition) is 2. The molecular weight excluding hydrogens is 325 g/mol. The number of ether oxygens (including phenoxy) is 1. The number of alkyl halides is 3. The van der Waals surface area contributed by atoms with Crippen LogP contribution in [0.2, 0.25) is 0 Å². The van der Waals surface area contributed by atoms with E-state index in [4.69, 9.17) is 5.73 Å². The molecule has 0 aromatic heterocycles. The van der Waals surface area contributed by atoms with Gasteiger partial charge in [0, 0.05) is 25.3 Å². The van der Waals surface area contributed by atoms with E-state index in [1.165, 1.54) is 12.1 Å². The van der Waals surface area contributed by atoms with Gasteiger partial charge in [0.15, 0.2) is 6.61 Å². The first-order chi connectivity index (χ1) is 11.3. The molecule has 2 heterocycles. The van der Waals surface area contributed by atoms with E-state index in [1.54, 1.807) is 17.0 Å². The first-order valence-corrected chi connectivity index (χ1v) is 7.41. The van der Waals surface area contributed by atoms with Crippen LogP contribution in [0.4, 0.5) is 18.9 Å². The lowest BCUT2D eigenvalue weighted by Crippen LogP contribution is -2.41. The van der Waals surface area contributed by atoms with E-state index in [9.17, 15) is 18.0 Å². The quantitative estimate of drug-likeness (QED) is 0.855. The van der Waals surface area contributed by atoms with Crippen LogP contribution in [0.15, 0.2) is 35.7 Å². The van der Waals surface area contributed by atoms with Crippen LogP contribution in [-0.2, 0) is 4.79 Å². The predicted molar refractivity (Wildman–Crippen MR) is 81.1 cm³/mol. The van der Waals surface area contributed by atoms with Crippen molar-refractivity contribution in [2.24, 2.45) is 5.73 Å². The van der Waals surface area contributed by atoms with Gasteiger partial charge in [0.2, 0.25) is 0 Å². The summed E-state index contributed by atoms with van der Waals surface area (Å²) in [4.78, 5) is 15.7. The van der Waals surface area contributed by atoms with Crippen molar-refractivity contribution in [3.8, 4) is 5.75 Å². The Balaban J connectivity index is 1.79. The van der Waals surface area contributed by atoms with Gasteiger partial charge in [-0.2, -0.15) is 13.2 Å². The van der Waals surface area contributed by atoms with E-state index in [2.05, 4.69) is 15.0 Å². The number of nitrogens with two attached hydrogens (primary N) is 1. The summed E-state index contributed by atoms with van der Waals surface area (Å²) in [6.45, 7) is 1.27. The van der Waals surface area contributed by atoms with Crippen molar-refractivity contribution >= 4 is 11.6 Å². The number of amides is 1. The van der Waals surface area contributed by atoms with E-state index in [0.717, 1.165) is 18.8 Å². The lowest BCUT2D eigenvalue weighted by Gasteiger charge is -2.27. The van der Waals surface area contributed by atoms with Gasteiger partial charge < -0.3 is 25.6 Å². The number of nitrogens with zero attached hydrogens (tertiary/aromatic N) is 2. The molecule has 1 aromatic carbocycles. The average molecular weight is 342 g/mol. The van der Waals surface area contributed by atoms with Gasteiger partial charge in [-0.25, -0.2) is 0 Å². The normalized spacial score (nSPS) is 18.0. The third kappa shape index (κ3) is 3.40. The maximum absolute atomic E-state index is 12.2. The molecular formula is C15H17F3N4O2. The number of piperazine rings is 1. The van der Waals surface area contributed by atoms with E-state index in [-0.39, 0.29) is 5.75 Å². The van der Waals surface area contributed by atoms with E-state index in [1.807, 2.05) is 0 Å². The minimum absolute atomic E-state index is 0.114. The Kier molecular flexibility index (Phi) is 4.27. The predicted octanol–water partition coefficient (Wildman–Crippen LogP) is 1.01. The molecule has 0 radical (unpaired) electrons. The molecule has 1 saturated heterocycles. The fourth-order valence-corrected chi connectivity index (χ4v) is 2.83. The van der Waals surface area contributed by atoms with Gasteiger partial charge in [0.1, 0.15) is 11.4 Å². The number of halogens is 3. The fourth-order valence-electron chi connectivity index (χ4n) is 2.83. The number of hydrogen-bond acceptors (Lipinski definition) is 5. The first-order valence-electron chi connectivity index (χ1n) is 7.41. The Labute approximate surface area is 136 Å². The Bertz CT molecular complexity index is 658. The van der Waals surface area contributed by atoms with Gasteiger partial charge in [-0.05, 0) is 24.3 Å². The number of primary amides is 1. The molecule has 0 saturated carbocycles. The van der Waals surface area contributed by atoms with Crippen LogP contribution in [0, 0.1) is 0 Å². The second kappa shape index (κ2) is 6.23. The van der Waals surface area contributed by atoms with Gasteiger partial charge in [-0.3, -0.25) is 4.79 Å². The zero-order valence-electron chi connectivity index (χ0n) is 12.8. The highest BCUT2D eigenvalue weighted by Gasteiger charge is 2.34. The highest BCUT2D eigenvalue weighted by molar-refractivity contribution is 5.97. The second-order valence-electron chi connectivity index (χ2n) is 5.57. The summed E-state index contributed by atoms with van der Waals surface area (Å²) in [5, 5.41) is 3.19. The summed E-state index contributed by atoms with van der Waals surface area (Å²) in [5.41, 5.74) is 7.43. The third-order valence-electron chi connectivity index (χ3n) is 3.87. The molecule has 2 aliphatic heterocycles. The molecule has 9 heteroatoms. The highest BCUT2D eigenvalue weighted by atomic mass is 19.4. The second-order valence-corrected chi connectivity index (χ2v) is 5.57. The zero-order valence-corrected chi connectivity index (χ0v) is 12.8.